The van der Waals surface area contributed by atoms with E-state index in [4.69, 9.17) is 14.5 Å². The molecule has 2 aliphatic heterocycles. The van der Waals surface area contributed by atoms with Crippen LogP contribution in [0.25, 0.3) is 22.5 Å². The summed E-state index contributed by atoms with van der Waals surface area (Å²) in [6.45, 7) is 11.3. The molecule has 5 rings (SSSR count). The van der Waals surface area contributed by atoms with Crippen LogP contribution in [0.4, 0.5) is 10.1 Å². The van der Waals surface area contributed by atoms with Crippen LogP contribution in [-0.2, 0) is 26.0 Å². The summed E-state index contributed by atoms with van der Waals surface area (Å²) < 4.78 is 54.2. The van der Waals surface area contributed by atoms with E-state index in [-0.39, 0.29) is 11.3 Å². The average Bonchev–Trinajstić information content (AvgIpc) is 2.87. The fourth-order valence-electron chi connectivity index (χ4n) is 6.01. The highest BCUT2D eigenvalue weighted by Gasteiger charge is 2.41. The third-order valence-corrected chi connectivity index (χ3v) is 8.92. The number of fused-ring (bicyclic) bond motifs is 4. The summed E-state index contributed by atoms with van der Waals surface area (Å²) in [4.78, 5) is 17.9. The first-order chi connectivity index (χ1) is 19.1. The van der Waals surface area contributed by atoms with Gasteiger partial charge in [-0.2, -0.15) is 0 Å². The minimum Gasteiger partial charge on any atom is -0.493 e. The van der Waals surface area contributed by atoms with E-state index in [1.807, 2.05) is 19.1 Å². The summed E-state index contributed by atoms with van der Waals surface area (Å²) in [5.74, 6) is -0.925. The number of halogens is 1. The van der Waals surface area contributed by atoms with Crippen LogP contribution < -0.4 is 9.04 Å². The molecular formula is C31H35FN2O6S. The van der Waals surface area contributed by atoms with E-state index in [9.17, 15) is 22.7 Å². The van der Waals surface area contributed by atoms with E-state index in [1.165, 1.54) is 16.4 Å². The van der Waals surface area contributed by atoms with Crippen molar-refractivity contribution in [2.75, 3.05) is 17.2 Å². The standard InChI is InChI=1S/C31H35FN2O6S/c1-16-20-9-8-14-39-24(20)13-12-21(16)26-25(29(30(35)36)40-31(4,5)6)17(2)28-27(33-26)22-11-10-19(32)15-23(22)18(3)34(28)41(7,37)38/h10-13,15,18,29H,8-9,14H2,1-7H3,(H,35,36). The van der Waals surface area contributed by atoms with Gasteiger partial charge in [0.25, 0.3) is 0 Å². The summed E-state index contributed by atoms with van der Waals surface area (Å²) in [5.41, 5.74) is 4.53. The normalized spacial score (nSPS) is 17.3. The Hall–Kier alpha value is -3.50. The Balaban J connectivity index is 1.93. The molecule has 2 atom stereocenters. The van der Waals surface area contributed by atoms with E-state index < -0.39 is 39.6 Å². The fourth-order valence-corrected chi connectivity index (χ4v) is 7.25. The zero-order valence-electron chi connectivity index (χ0n) is 24.3. The summed E-state index contributed by atoms with van der Waals surface area (Å²) in [6.07, 6.45) is 1.29. The molecule has 1 aromatic heterocycles. The number of sulfonamides is 1. The number of hydrogen-bond donors (Lipinski definition) is 1. The van der Waals surface area contributed by atoms with E-state index in [2.05, 4.69) is 0 Å². The van der Waals surface area contributed by atoms with E-state index in [1.54, 1.807) is 40.7 Å². The molecule has 41 heavy (non-hydrogen) atoms. The van der Waals surface area contributed by atoms with Crippen molar-refractivity contribution in [3.63, 3.8) is 0 Å². The van der Waals surface area contributed by atoms with Crippen LogP contribution >= 0.6 is 0 Å². The molecule has 0 amide bonds. The smallest absolute Gasteiger partial charge is 0.337 e. The number of aliphatic carboxylic acids is 1. The lowest BCUT2D eigenvalue weighted by Gasteiger charge is -2.39. The predicted molar refractivity (Wildman–Crippen MR) is 155 cm³/mol. The van der Waals surface area contributed by atoms with Crippen LogP contribution in [-0.4, -0.2) is 42.9 Å². The molecule has 0 bridgehead atoms. The van der Waals surface area contributed by atoms with Gasteiger partial charge >= 0.3 is 5.97 Å². The molecule has 0 aliphatic carbocycles. The molecule has 2 unspecified atom stereocenters. The molecule has 8 nitrogen and oxygen atoms in total. The quantitative estimate of drug-likeness (QED) is 0.378. The first-order valence-electron chi connectivity index (χ1n) is 13.6. The van der Waals surface area contributed by atoms with Gasteiger partial charge in [-0.05, 0) is 107 Å². The highest BCUT2D eigenvalue weighted by Crippen LogP contribution is 2.51. The second-order valence-corrected chi connectivity index (χ2v) is 13.6. The minimum absolute atomic E-state index is 0.264. The van der Waals surface area contributed by atoms with Crippen LogP contribution in [0.15, 0.2) is 30.3 Å². The van der Waals surface area contributed by atoms with Gasteiger partial charge < -0.3 is 14.6 Å². The second kappa shape index (κ2) is 10.1. The second-order valence-electron chi connectivity index (χ2n) is 11.8. The number of benzene rings is 2. The molecule has 218 valence electrons. The van der Waals surface area contributed by atoms with Crippen molar-refractivity contribution >= 4 is 21.7 Å². The Morgan fingerprint density at radius 1 is 1.15 bits per heavy atom. The fraction of sp³-hybridized carbons (Fsp3) is 0.419. The summed E-state index contributed by atoms with van der Waals surface area (Å²) in [5, 5.41) is 10.5. The van der Waals surface area contributed by atoms with Crippen LogP contribution in [0.5, 0.6) is 5.75 Å². The SMILES string of the molecule is Cc1c(-c2nc3c(c(C)c2C(OC(C)(C)C)C(=O)O)N(S(C)(=O)=O)C(C)c2cc(F)ccc2-3)ccc2c1CCCO2. The zero-order valence-corrected chi connectivity index (χ0v) is 25.1. The Kier molecular flexibility index (Phi) is 7.14. The highest BCUT2D eigenvalue weighted by atomic mass is 32.2. The van der Waals surface area contributed by atoms with Gasteiger partial charge in [-0.25, -0.2) is 22.6 Å². The van der Waals surface area contributed by atoms with Crippen molar-refractivity contribution in [1.29, 1.82) is 0 Å². The van der Waals surface area contributed by atoms with Crippen molar-refractivity contribution < 1.29 is 32.2 Å². The van der Waals surface area contributed by atoms with Crippen molar-refractivity contribution in [1.82, 2.24) is 4.98 Å². The maximum absolute atomic E-state index is 14.4. The number of rotatable bonds is 5. The lowest BCUT2D eigenvalue weighted by Crippen LogP contribution is -2.37. The van der Waals surface area contributed by atoms with E-state index in [0.717, 1.165) is 36.0 Å². The topological polar surface area (TPSA) is 106 Å². The van der Waals surface area contributed by atoms with Gasteiger partial charge in [0.05, 0.1) is 41.6 Å². The molecule has 2 aliphatic rings. The maximum Gasteiger partial charge on any atom is 0.337 e. The van der Waals surface area contributed by atoms with Crippen LogP contribution in [0.2, 0.25) is 0 Å². The number of pyridine rings is 1. The number of hydrogen-bond acceptors (Lipinski definition) is 6. The van der Waals surface area contributed by atoms with Crippen molar-refractivity contribution in [3.8, 4) is 28.3 Å². The monoisotopic (exact) mass is 582 g/mol. The molecule has 0 saturated heterocycles. The molecule has 10 heteroatoms. The molecule has 0 saturated carbocycles. The zero-order chi connectivity index (χ0) is 30.0. The molecule has 3 heterocycles. The molecule has 0 fully saturated rings. The molecular weight excluding hydrogens is 547 g/mol. The third-order valence-electron chi connectivity index (χ3n) is 7.71. The molecule has 1 N–H and O–H groups in total. The number of carboxylic acid groups (broad SMARTS) is 1. The third kappa shape index (κ3) is 5.08. The van der Waals surface area contributed by atoms with E-state index >= 15 is 0 Å². The van der Waals surface area contributed by atoms with Gasteiger partial charge in [-0.3, -0.25) is 4.31 Å². The minimum atomic E-state index is -3.90. The maximum atomic E-state index is 14.4. The van der Waals surface area contributed by atoms with Crippen molar-refractivity contribution in [2.24, 2.45) is 0 Å². The summed E-state index contributed by atoms with van der Waals surface area (Å²) in [6, 6.07) is 7.22. The highest BCUT2D eigenvalue weighted by molar-refractivity contribution is 7.92. The molecule has 0 spiro atoms. The Morgan fingerprint density at radius 2 is 1.83 bits per heavy atom. The molecule has 3 aromatic rings. The van der Waals surface area contributed by atoms with Gasteiger partial charge in [0.15, 0.2) is 6.10 Å². The van der Waals surface area contributed by atoms with Gasteiger partial charge in [-0.15, -0.1) is 0 Å². The molecule has 0 radical (unpaired) electrons. The Morgan fingerprint density at radius 3 is 2.46 bits per heavy atom. The largest absolute Gasteiger partial charge is 0.493 e. The number of aromatic nitrogens is 1. The van der Waals surface area contributed by atoms with Gasteiger partial charge in [-0.1, -0.05) is 0 Å². The lowest BCUT2D eigenvalue weighted by molar-refractivity contribution is -0.160. The lowest BCUT2D eigenvalue weighted by atomic mass is 9.86. The van der Waals surface area contributed by atoms with Crippen molar-refractivity contribution in [3.05, 3.63) is 64.0 Å². The number of ether oxygens (including phenoxy) is 2. The van der Waals surface area contributed by atoms with Crippen molar-refractivity contribution in [2.45, 2.75) is 72.1 Å². The number of nitrogens with zero attached hydrogens (tertiary/aromatic N) is 2. The Labute approximate surface area is 240 Å². The van der Waals surface area contributed by atoms with Gasteiger partial charge in [0.2, 0.25) is 10.0 Å². The average molecular weight is 583 g/mol. The van der Waals surface area contributed by atoms with Crippen LogP contribution in [0.3, 0.4) is 0 Å². The summed E-state index contributed by atoms with van der Waals surface area (Å²) >= 11 is 0. The van der Waals surface area contributed by atoms with Gasteiger partial charge in [0.1, 0.15) is 11.6 Å². The van der Waals surface area contributed by atoms with Crippen LogP contribution in [0.1, 0.15) is 74.1 Å². The van der Waals surface area contributed by atoms with Crippen LogP contribution in [0, 0.1) is 19.7 Å². The Bertz CT molecular complexity index is 1680. The summed E-state index contributed by atoms with van der Waals surface area (Å²) in [7, 11) is -3.90. The first kappa shape index (κ1) is 29.0. The first-order valence-corrected chi connectivity index (χ1v) is 15.4. The van der Waals surface area contributed by atoms with E-state index in [0.29, 0.717) is 40.2 Å². The number of anilines is 1. The number of carboxylic acids is 1. The number of carbonyl (C=O) groups is 1. The predicted octanol–water partition coefficient (Wildman–Crippen LogP) is 6.28. The molecule has 2 aromatic carbocycles. The van der Waals surface area contributed by atoms with Gasteiger partial charge in [0, 0.05) is 16.7 Å².